The fraction of sp³-hybridized carbons (Fsp3) is 0.118. The molecule has 2 aromatic carbocycles. The molecule has 0 saturated heterocycles. The second-order valence-electron chi connectivity index (χ2n) is 5.01. The largest absolute Gasteiger partial charge is 0.495 e. The molecule has 0 aromatic heterocycles. The van der Waals surface area contributed by atoms with Gasteiger partial charge in [-0.05, 0) is 12.1 Å². The van der Waals surface area contributed by atoms with Crippen molar-refractivity contribution >= 4 is 40.7 Å². The molecule has 8 nitrogen and oxygen atoms in total. The van der Waals surface area contributed by atoms with Crippen molar-refractivity contribution in [3.05, 3.63) is 47.0 Å². The second-order valence-corrected chi connectivity index (χ2v) is 5.41. The van der Waals surface area contributed by atoms with Crippen LogP contribution in [0.4, 0.5) is 11.4 Å². The van der Waals surface area contributed by atoms with Gasteiger partial charge < -0.3 is 25.8 Å². The maximum Gasteiger partial charge on any atom is 0.314 e. The van der Waals surface area contributed by atoms with E-state index in [2.05, 4.69) is 10.6 Å². The third kappa shape index (κ3) is 4.22. The zero-order chi connectivity index (χ0) is 19.3. The average molecular weight is 378 g/mol. The van der Waals surface area contributed by atoms with E-state index in [1.807, 2.05) is 0 Å². The molecule has 0 fully saturated rings. The zero-order valence-corrected chi connectivity index (χ0v) is 14.7. The van der Waals surface area contributed by atoms with Gasteiger partial charge >= 0.3 is 11.8 Å². The number of methoxy groups -OCH3 is 2. The Morgan fingerprint density at radius 3 is 2.08 bits per heavy atom. The SMILES string of the molecule is COc1cc(NC(=O)C(=O)Nc2ccccc2C(N)=O)c(OC)cc1Cl. The summed E-state index contributed by atoms with van der Waals surface area (Å²) in [6.45, 7) is 0. The van der Waals surface area contributed by atoms with Gasteiger partial charge in [-0.15, -0.1) is 0 Å². The summed E-state index contributed by atoms with van der Waals surface area (Å²) in [6.07, 6.45) is 0. The summed E-state index contributed by atoms with van der Waals surface area (Å²) in [5.74, 6) is -2.16. The van der Waals surface area contributed by atoms with Crippen molar-refractivity contribution in [2.24, 2.45) is 5.73 Å². The first-order valence-electron chi connectivity index (χ1n) is 7.30. The van der Waals surface area contributed by atoms with Crippen LogP contribution < -0.4 is 25.8 Å². The van der Waals surface area contributed by atoms with E-state index < -0.39 is 17.7 Å². The summed E-state index contributed by atoms with van der Waals surface area (Å²) in [7, 11) is 2.80. The van der Waals surface area contributed by atoms with Gasteiger partial charge in [-0.2, -0.15) is 0 Å². The number of ether oxygens (including phenoxy) is 2. The summed E-state index contributed by atoms with van der Waals surface area (Å²) in [5, 5.41) is 5.02. The van der Waals surface area contributed by atoms with E-state index in [1.165, 1.54) is 38.5 Å². The van der Waals surface area contributed by atoms with Crippen molar-refractivity contribution in [1.82, 2.24) is 0 Å². The molecule has 0 unspecified atom stereocenters. The number of para-hydroxylation sites is 1. The first kappa shape index (κ1) is 19.1. The van der Waals surface area contributed by atoms with Gasteiger partial charge in [0.2, 0.25) is 0 Å². The summed E-state index contributed by atoms with van der Waals surface area (Å²) in [6, 6.07) is 8.92. The van der Waals surface area contributed by atoms with Crippen LogP contribution in [0.3, 0.4) is 0 Å². The van der Waals surface area contributed by atoms with Gasteiger partial charge in [0.25, 0.3) is 5.91 Å². The molecular formula is C17H16ClN3O5. The van der Waals surface area contributed by atoms with Gasteiger partial charge in [0.05, 0.1) is 36.2 Å². The normalized spacial score (nSPS) is 9.96. The lowest BCUT2D eigenvalue weighted by atomic mass is 10.1. The highest BCUT2D eigenvalue weighted by Crippen LogP contribution is 2.35. The number of amides is 3. The number of carbonyl (C=O) groups excluding carboxylic acids is 3. The van der Waals surface area contributed by atoms with Crippen molar-refractivity contribution < 1.29 is 23.9 Å². The Hall–Kier alpha value is -3.26. The summed E-state index contributed by atoms with van der Waals surface area (Å²) in [4.78, 5) is 35.7. The van der Waals surface area contributed by atoms with Crippen LogP contribution in [0, 0.1) is 0 Å². The lowest BCUT2D eigenvalue weighted by Gasteiger charge is -2.13. The van der Waals surface area contributed by atoms with Gasteiger partial charge in [0.1, 0.15) is 11.5 Å². The Labute approximate surface area is 154 Å². The van der Waals surface area contributed by atoms with E-state index in [1.54, 1.807) is 12.1 Å². The third-order valence-corrected chi connectivity index (χ3v) is 3.66. The van der Waals surface area contributed by atoms with Crippen LogP contribution >= 0.6 is 11.6 Å². The lowest BCUT2D eigenvalue weighted by Crippen LogP contribution is -2.30. The molecule has 0 heterocycles. The molecule has 2 rings (SSSR count). The number of carbonyl (C=O) groups is 3. The number of hydrogen-bond acceptors (Lipinski definition) is 5. The number of nitrogens with two attached hydrogens (primary N) is 1. The molecule has 0 aliphatic carbocycles. The van der Waals surface area contributed by atoms with Crippen LogP contribution in [0.5, 0.6) is 11.5 Å². The van der Waals surface area contributed by atoms with Crippen LogP contribution in [0.2, 0.25) is 5.02 Å². The van der Waals surface area contributed by atoms with Gasteiger partial charge in [0.15, 0.2) is 0 Å². The van der Waals surface area contributed by atoms with Crippen molar-refractivity contribution in [2.75, 3.05) is 24.9 Å². The van der Waals surface area contributed by atoms with Crippen molar-refractivity contribution in [2.45, 2.75) is 0 Å². The number of hydrogen-bond donors (Lipinski definition) is 3. The molecule has 0 saturated carbocycles. The Bertz CT molecular complexity index is 869. The van der Waals surface area contributed by atoms with Crippen molar-refractivity contribution in [3.8, 4) is 11.5 Å². The summed E-state index contributed by atoms with van der Waals surface area (Å²) >= 11 is 5.99. The van der Waals surface area contributed by atoms with Crippen molar-refractivity contribution in [3.63, 3.8) is 0 Å². The minimum Gasteiger partial charge on any atom is -0.495 e. The van der Waals surface area contributed by atoms with Crippen LogP contribution in [0.1, 0.15) is 10.4 Å². The number of nitrogens with one attached hydrogen (secondary N) is 2. The van der Waals surface area contributed by atoms with Gasteiger partial charge in [-0.3, -0.25) is 14.4 Å². The van der Waals surface area contributed by atoms with E-state index in [-0.39, 0.29) is 27.7 Å². The summed E-state index contributed by atoms with van der Waals surface area (Å²) < 4.78 is 10.2. The summed E-state index contributed by atoms with van der Waals surface area (Å²) in [5.41, 5.74) is 5.64. The van der Waals surface area contributed by atoms with E-state index >= 15 is 0 Å². The van der Waals surface area contributed by atoms with Crippen molar-refractivity contribution in [1.29, 1.82) is 0 Å². The van der Waals surface area contributed by atoms with E-state index in [0.29, 0.717) is 5.75 Å². The maximum atomic E-state index is 12.2. The maximum absolute atomic E-state index is 12.2. The van der Waals surface area contributed by atoms with Crippen LogP contribution in [0.15, 0.2) is 36.4 Å². The van der Waals surface area contributed by atoms with E-state index in [4.69, 9.17) is 26.8 Å². The predicted molar refractivity (Wildman–Crippen MR) is 96.8 cm³/mol. The second kappa shape index (κ2) is 8.21. The monoisotopic (exact) mass is 377 g/mol. The minimum absolute atomic E-state index is 0.0828. The zero-order valence-electron chi connectivity index (χ0n) is 14.0. The molecule has 9 heteroatoms. The van der Waals surface area contributed by atoms with Gasteiger partial charge in [0, 0.05) is 12.1 Å². The number of anilines is 2. The molecule has 3 amide bonds. The van der Waals surface area contributed by atoms with E-state index in [9.17, 15) is 14.4 Å². The quantitative estimate of drug-likeness (QED) is 0.688. The molecule has 0 radical (unpaired) electrons. The van der Waals surface area contributed by atoms with E-state index in [0.717, 1.165) is 0 Å². The standard InChI is InChI=1S/C17H16ClN3O5/c1-25-13-8-12(14(26-2)7-10(13)18)21-17(24)16(23)20-11-6-4-3-5-9(11)15(19)22/h3-8H,1-2H3,(H2,19,22)(H,20,23)(H,21,24). The number of rotatable bonds is 5. The van der Waals surface area contributed by atoms with Gasteiger partial charge in [-0.1, -0.05) is 23.7 Å². The first-order valence-corrected chi connectivity index (χ1v) is 7.67. The minimum atomic E-state index is -0.991. The fourth-order valence-corrected chi connectivity index (χ4v) is 2.35. The average Bonchev–Trinajstić information content (AvgIpc) is 2.62. The highest BCUT2D eigenvalue weighted by Gasteiger charge is 2.19. The molecule has 26 heavy (non-hydrogen) atoms. The van der Waals surface area contributed by atoms with Gasteiger partial charge in [-0.25, -0.2) is 0 Å². The topological polar surface area (TPSA) is 120 Å². The molecule has 2 aromatic rings. The lowest BCUT2D eigenvalue weighted by molar-refractivity contribution is -0.133. The molecule has 0 spiro atoms. The predicted octanol–water partition coefficient (Wildman–Crippen LogP) is 2.03. The molecular weight excluding hydrogens is 362 g/mol. The molecule has 136 valence electrons. The molecule has 0 aliphatic heterocycles. The molecule has 0 bridgehead atoms. The molecule has 4 N–H and O–H groups in total. The first-order chi connectivity index (χ1) is 12.4. The Balaban J connectivity index is 2.20. The Morgan fingerprint density at radius 1 is 0.923 bits per heavy atom. The molecule has 0 atom stereocenters. The Kier molecular flexibility index (Phi) is 6.03. The van der Waals surface area contributed by atoms with Crippen LogP contribution in [-0.2, 0) is 9.59 Å². The fourth-order valence-electron chi connectivity index (χ4n) is 2.12. The number of primary amides is 1. The highest BCUT2D eigenvalue weighted by atomic mass is 35.5. The third-order valence-electron chi connectivity index (χ3n) is 3.37. The highest BCUT2D eigenvalue weighted by molar-refractivity contribution is 6.44. The Morgan fingerprint density at radius 2 is 1.50 bits per heavy atom. The number of benzene rings is 2. The molecule has 0 aliphatic rings. The van der Waals surface area contributed by atoms with Crippen LogP contribution in [0.25, 0.3) is 0 Å². The van der Waals surface area contributed by atoms with Crippen LogP contribution in [-0.4, -0.2) is 31.9 Å². The number of halogens is 1. The smallest absolute Gasteiger partial charge is 0.314 e.